The average Bonchev–Trinajstić information content (AvgIpc) is 2.95. The highest BCUT2D eigenvalue weighted by molar-refractivity contribution is 5.76. The van der Waals surface area contributed by atoms with Crippen LogP contribution in [0.1, 0.15) is 28.4 Å². The van der Waals surface area contributed by atoms with Crippen molar-refractivity contribution in [2.75, 3.05) is 20.3 Å². The molecule has 0 unspecified atom stereocenters. The van der Waals surface area contributed by atoms with Crippen LogP contribution in [-0.4, -0.2) is 37.2 Å². The predicted octanol–water partition coefficient (Wildman–Crippen LogP) is 6.21. The molecule has 0 saturated carbocycles. The third kappa shape index (κ3) is 8.67. The summed E-state index contributed by atoms with van der Waals surface area (Å²) in [6, 6.07) is 40.1. The van der Waals surface area contributed by atoms with Gasteiger partial charge in [0.15, 0.2) is 6.10 Å². The van der Waals surface area contributed by atoms with Gasteiger partial charge in [0.2, 0.25) is 0 Å². The van der Waals surface area contributed by atoms with E-state index in [0.717, 1.165) is 24.2 Å². The number of ether oxygens (including phenoxy) is 3. The molecule has 0 saturated heterocycles. The lowest BCUT2D eigenvalue weighted by Gasteiger charge is -2.29. The Balaban J connectivity index is 1.51. The fraction of sp³-hybridized carbons (Fsp3) is 0.242. The largest absolute Gasteiger partial charge is 0.456 e. The number of carbonyl (C=O) groups excluding carboxylic acids is 1. The minimum absolute atomic E-state index is 0.270. The van der Waals surface area contributed by atoms with Crippen LogP contribution in [0, 0.1) is 0 Å². The molecule has 0 aliphatic carbocycles. The van der Waals surface area contributed by atoms with Crippen molar-refractivity contribution in [3.8, 4) is 0 Å². The minimum Gasteiger partial charge on any atom is -0.456 e. The van der Waals surface area contributed by atoms with Crippen molar-refractivity contribution in [3.63, 3.8) is 0 Å². The molecule has 196 valence electrons. The molecule has 4 aromatic rings. The number of rotatable bonds is 14. The van der Waals surface area contributed by atoms with Crippen LogP contribution >= 0.6 is 0 Å². The van der Waals surface area contributed by atoms with E-state index in [4.69, 9.17) is 14.2 Å². The summed E-state index contributed by atoms with van der Waals surface area (Å²) < 4.78 is 17.7. The van der Waals surface area contributed by atoms with Crippen LogP contribution < -0.4 is 0 Å². The van der Waals surface area contributed by atoms with E-state index >= 15 is 0 Å². The summed E-state index contributed by atoms with van der Waals surface area (Å²) in [6.45, 7) is 2.66. The lowest BCUT2D eigenvalue weighted by atomic mass is 10.1. The molecule has 5 heteroatoms. The lowest BCUT2D eigenvalue weighted by molar-refractivity contribution is -0.166. The molecule has 0 radical (unpaired) electrons. The summed E-state index contributed by atoms with van der Waals surface area (Å²) in [4.78, 5) is 15.6. The second-order valence-corrected chi connectivity index (χ2v) is 9.23. The monoisotopic (exact) mass is 509 g/mol. The van der Waals surface area contributed by atoms with Crippen LogP contribution in [0.25, 0.3) is 0 Å². The second-order valence-electron chi connectivity index (χ2n) is 9.23. The molecule has 0 aliphatic rings. The number of hydrogen-bond donors (Lipinski definition) is 0. The SMILES string of the molecule is CO[C@@H](C(=O)O[C@H](COCc1ccccc1)CN(Cc1ccccc1)Cc1ccccc1)c1ccccc1. The zero-order valence-corrected chi connectivity index (χ0v) is 21.8. The third-order valence-electron chi connectivity index (χ3n) is 6.21. The van der Waals surface area contributed by atoms with Crippen molar-refractivity contribution < 1.29 is 19.0 Å². The summed E-state index contributed by atoms with van der Waals surface area (Å²) in [7, 11) is 1.52. The zero-order valence-electron chi connectivity index (χ0n) is 21.8. The van der Waals surface area contributed by atoms with Crippen molar-refractivity contribution >= 4 is 5.97 Å². The summed E-state index contributed by atoms with van der Waals surface area (Å²) in [5, 5.41) is 0. The van der Waals surface area contributed by atoms with Crippen molar-refractivity contribution in [1.29, 1.82) is 0 Å². The van der Waals surface area contributed by atoms with Gasteiger partial charge in [0.25, 0.3) is 0 Å². The molecule has 4 rings (SSSR count). The molecule has 38 heavy (non-hydrogen) atoms. The topological polar surface area (TPSA) is 48.0 Å². The Morgan fingerprint density at radius 1 is 0.684 bits per heavy atom. The maximum Gasteiger partial charge on any atom is 0.340 e. The van der Waals surface area contributed by atoms with Crippen LogP contribution in [0.2, 0.25) is 0 Å². The molecule has 0 fully saturated rings. The number of nitrogens with zero attached hydrogens (tertiary/aromatic N) is 1. The Bertz CT molecular complexity index is 1160. The molecular weight excluding hydrogens is 474 g/mol. The molecule has 0 aromatic heterocycles. The maximum absolute atomic E-state index is 13.3. The summed E-state index contributed by atoms with van der Waals surface area (Å²) in [6.07, 6.45) is -1.29. The Morgan fingerprint density at radius 2 is 1.16 bits per heavy atom. The first kappa shape index (κ1) is 27.3. The van der Waals surface area contributed by atoms with Crippen LogP contribution in [-0.2, 0) is 38.7 Å². The molecule has 4 aromatic carbocycles. The molecule has 0 aliphatic heterocycles. The number of esters is 1. The van der Waals surface area contributed by atoms with Gasteiger partial charge in [-0.3, -0.25) is 4.90 Å². The fourth-order valence-electron chi connectivity index (χ4n) is 4.38. The third-order valence-corrected chi connectivity index (χ3v) is 6.21. The van der Waals surface area contributed by atoms with Gasteiger partial charge < -0.3 is 14.2 Å². The number of benzene rings is 4. The highest BCUT2D eigenvalue weighted by Gasteiger charge is 2.26. The first-order chi connectivity index (χ1) is 18.7. The first-order valence-corrected chi connectivity index (χ1v) is 12.9. The average molecular weight is 510 g/mol. The van der Waals surface area contributed by atoms with Gasteiger partial charge in [-0.25, -0.2) is 4.79 Å². The lowest BCUT2D eigenvalue weighted by Crippen LogP contribution is -2.38. The first-order valence-electron chi connectivity index (χ1n) is 12.9. The van der Waals surface area contributed by atoms with Crippen LogP contribution in [0.15, 0.2) is 121 Å². The summed E-state index contributed by atoms with van der Waals surface area (Å²) >= 11 is 0. The van der Waals surface area contributed by atoms with Gasteiger partial charge in [-0.1, -0.05) is 121 Å². The molecule has 0 bridgehead atoms. The van der Waals surface area contributed by atoms with Gasteiger partial charge in [0.1, 0.15) is 6.10 Å². The number of hydrogen-bond acceptors (Lipinski definition) is 5. The molecule has 0 heterocycles. The molecule has 5 nitrogen and oxygen atoms in total. The smallest absolute Gasteiger partial charge is 0.340 e. The van der Waals surface area contributed by atoms with Gasteiger partial charge in [0, 0.05) is 26.7 Å². The molecular formula is C33H35NO4. The van der Waals surface area contributed by atoms with E-state index in [0.29, 0.717) is 13.2 Å². The number of methoxy groups -OCH3 is 1. The Labute approximate surface area is 225 Å². The van der Waals surface area contributed by atoms with Gasteiger partial charge in [0.05, 0.1) is 13.2 Å². The quantitative estimate of drug-likeness (QED) is 0.189. The van der Waals surface area contributed by atoms with E-state index in [1.165, 1.54) is 18.2 Å². The minimum atomic E-state index is -0.801. The van der Waals surface area contributed by atoms with E-state index in [2.05, 4.69) is 29.2 Å². The van der Waals surface area contributed by atoms with E-state index in [-0.39, 0.29) is 6.61 Å². The second kappa shape index (κ2) is 14.8. The van der Waals surface area contributed by atoms with Gasteiger partial charge >= 0.3 is 5.97 Å². The van der Waals surface area contributed by atoms with E-state index in [1.807, 2.05) is 97.1 Å². The van der Waals surface area contributed by atoms with E-state index in [1.54, 1.807) is 0 Å². The Hall–Kier alpha value is -3.77. The number of carbonyl (C=O) groups is 1. The van der Waals surface area contributed by atoms with Crippen molar-refractivity contribution in [2.24, 2.45) is 0 Å². The van der Waals surface area contributed by atoms with Crippen molar-refractivity contribution in [3.05, 3.63) is 144 Å². The van der Waals surface area contributed by atoms with E-state index in [9.17, 15) is 4.79 Å². The predicted molar refractivity (Wildman–Crippen MR) is 149 cm³/mol. The highest BCUT2D eigenvalue weighted by atomic mass is 16.6. The van der Waals surface area contributed by atoms with Crippen molar-refractivity contribution in [1.82, 2.24) is 4.90 Å². The molecule has 2 atom stereocenters. The summed E-state index contributed by atoms with van der Waals surface area (Å²) in [5.74, 6) is -0.425. The normalized spacial score (nSPS) is 12.7. The fourth-order valence-corrected chi connectivity index (χ4v) is 4.38. The van der Waals surface area contributed by atoms with Crippen molar-refractivity contribution in [2.45, 2.75) is 31.9 Å². The van der Waals surface area contributed by atoms with Gasteiger partial charge in [-0.2, -0.15) is 0 Å². The Morgan fingerprint density at radius 3 is 1.66 bits per heavy atom. The standard InChI is InChI=1S/C33H35NO4/c1-36-32(30-20-12-5-13-21-30)33(35)38-31(26-37-25-29-18-10-4-11-19-29)24-34(22-27-14-6-2-7-15-27)23-28-16-8-3-9-17-28/h2-21,31-32H,22-26H2,1H3/t31-,32+/m0/s1. The van der Waals surface area contributed by atoms with E-state index < -0.39 is 18.2 Å². The van der Waals surface area contributed by atoms with Crippen LogP contribution in [0.5, 0.6) is 0 Å². The van der Waals surface area contributed by atoms with Gasteiger partial charge in [-0.05, 0) is 22.3 Å². The van der Waals surface area contributed by atoms with Crippen LogP contribution in [0.4, 0.5) is 0 Å². The summed E-state index contributed by atoms with van der Waals surface area (Å²) in [5.41, 5.74) is 4.21. The van der Waals surface area contributed by atoms with Gasteiger partial charge in [-0.15, -0.1) is 0 Å². The highest BCUT2D eigenvalue weighted by Crippen LogP contribution is 2.20. The maximum atomic E-state index is 13.3. The molecule has 0 amide bonds. The molecule has 0 spiro atoms. The molecule has 0 N–H and O–H groups in total. The van der Waals surface area contributed by atoms with Crippen LogP contribution in [0.3, 0.4) is 0 Å². The zero-order chi connectivity index (χ0) is 26.4. The Kier molecular flexibility index (Phi) is 10.6.